The molecule has 1 aliphatic rings. The third-order valence-corrected chi connectivity index (χ3v) is 4.72. The molecule has 5 heteroatoms. The Morgan fingerprint density at radius 3 is 2.73 bits per heavy atom. The zero-order valence-electron chi connectivity index (χ0n) is 11.9. The van der Waals surface area contributed by atoms with E-state index in [1.165, 1.54) is 0 Å². The largest absolute Gasteiger partial charge is 0.398 e. The summed E-state index contributed by atoms with van der Waals surface area (Å²) in [6.45, 7) is 1.68. The van der Waals surface area contributed by atoms with Crippen molar-refractivity contribution < 1.29 is 0 Å². The summed E-state index contributed by atoms with van der Waals surface area (Å²) in [5.74, 6) is 0. The quantitative estimate of drug-likeness (QED) is 0.829. The van der Waals surface area contributed by atoms with Crippen LogP contribution in [0.15, 0.2) is 30.3 Å². The molecule has 1 aliphatic heterocycles. The van der Waals surface area contributed by atoms with Gasteiger partial charge in [0.25, 0.3) is 0 Å². The van der Waals surface area contributed by atoms with Crippen molar-refractivity contribution in [3.05, 3.63) is 57.1 Å². The standard InChI is InChI=1S/C17H15Cl2N3/c18-14-4-3-11(8-15(14)19)10-22-7-1-2-12-13(9-20)16(21)5-6-17(12)22/h3-6,8H,1-2,7,10,21H2. The Morgan fingerprint density at radius 2 is 2.00 bits per heavy atom. The molecule has 0 spiro atoms. The maximum atomic E-state index is 9.34. The maximum Gasteiger partial charge on any atom is 0.102 e. The van der Waals surface area contributed by atoms with E-state index in [9.17, 15) is 5.26 Å². The molecule has 112 valence electrons. The number of anilines is 2. The number of halogens is 2. The van der Waals surface area contributed by atoms with Gasteiger partial charge in [0, 0.05) is 24.5 Å². The Balaban J connectivity index is 1.95. The first-order chi connectivity index (χ1) is 10.6. The van der Waals surface area contributed by atoms with Gasteiger partial charge in [-0.3, -0.25) is 0 Å². The van der Waals surface area contributed by atoms with Crippen LogP contribution in [0.4, 0.5) is 11.4 Å². The van der Waals surface area contributed by atoms with Crippen LogP contribution in [0, 0.1) is 11.3 Å². The molecule has 0 saturated carbocycles. The highest BCUT2D eigenvalue weighted by Crippen LogP contribution is 2.34. The average Bonchev–Trinajstić information content (AvgIpc) is 2.51. The number of hydrogen-bond donors (Lipinski definition) is 1. The summed E-state index contributed by atoms with van der Waals surface area (Å²) in [6.07, 6.45) is 1.90. The van der Waals surface area contributed by atoms with Crippen LogP contribution in [-0.2, 0) is 13.0 Å². The fourth-order valence-corrected chi connectivity index (χ4v) is 3.25. The molecule has 22 heavy (non-hydrogen) atoms. The predicted molar refractivity (Wildman–Crippen MR) is 91.4 cm³/mol. The molecular weight excluding hydrogens is 317 g/mol. The second-order valence-electron chi connectivity index (χ2n) is 5.41. The molecule has 3 rings (SSSR count). The lowest BCUT2D eigenvalue weighted by Gasteiger charge is -2.32. The summed E-state index contributed by atoms with van der Waals surface area (Å²) in [5.41, 5.74) is 10.3. The second kappa shape index (κ2) is 6.08. The van der Waals surface area contributed by atoms with Gasteiger partial charge in [-0.05, 0) is 48.2 Å². The van der Waals surface area contributed by atoms with E-state index in [0.717, 1.165) is 42.7 Å². The fraction of sp³-hybridized carbons (Fsp3) is 0.235. The van der Waals surface area contributed by atoms with Crippen molar-refractivity contribution in [3.63, 3.8) is 0 Å². The van der Waals surface area contributed by atoms with Gasteiger partial charge in [-0.1, -0.05) is 29.3 Å². The molecule has 2 aromatic rings. The summed E-state index contributed by atoms with van der Waals surface area (Å²) >= 11 is 12.1. The van der Waals surface area contributed by atoms with E-state index < -0.39 is 0 Å². The molecule has 0 amide bonds. The van der Waals surface area contributed by atoms with Crippen LogP contribution in [0.2, 0.25) is 10.0 Å². The van der Waals surface area contributed by atoms with Crippen LogP contribution in [0.5, 0.6) is 0 Å². The van der Waals surface area contributed by atoms with Crippen molar-refractivity contribution >= 4 is 34.6 Å². The van der Waals surface area contributed by atoms with Crippen molar-refractivity contribution in [2.24, 2.45) is 0 Å². The molecule has 0 bridgehead atoms. The van der Waals surface area contributed by atoms with E-state index in [1.807, 2.05) is 30.3 Å². The van der Waals surface area contributed by atoms with E-state index in [2.05, 4.69) is 11.0 Å². The predicted octanol–water partition coefficient (Wildman–Crippen LogP) is 4.40. The molecule has 2 aromatic carbocycles. The van der Waals surface area contributed by atoms with Gasteiger partial charge >= 0.3 is 0 Å². The third kappa shape index (κ3) is 2.72. The molecule has 0 unspecified atom stereocenters. The van der Waals surface area contributed by atoms with Gasteiger partial charge in [0.2, 0.25) is 0 Å². The second-order valence-corrected chi connectivity index (χ2v) is 6.23. The topological polar surface area (TPSA) is 53.1 Å². The van der Waals surface area contributed by atoms with Gasteiger partial charge in [0.15, 0.2) is 0 Å². The van der Waals surface area contributed by atoms with Crippen molar-refractivity contribution in [2.75, 3.05) is 17.2 Å². The molecule has 3 nitrogen and oxygen atoms in total. The number of nitrogen functional groups attached to an aromatic ring is 1. The Hall–Kier alpha value is -1.89. The molecular formula is C17H15Cl2N3. The van der Waals surface area contributed by atoms with E-state index in [0.29, 0.717) is 21.3 Å². The molecule has 0 radical (unpaired) electrons. The molecule has 0 atom stereocenters. The van der Waals surface area contributed by atoms with Crippen LogP contribution in [-0.4, -0.2) is 6.54 Å². The number of hydrogen-bond acceptors (Lipinski definition) is 3. The van der Waals surface area contributed by atoms with Gasteiger partial charge in [0.1, 0.15) is 6.07 Å². The van der Waals surface area contributed by atoms with E-state index in [4.69, 9.17) is 28.9 Å². The number of nitriles is 1. The normalized spacial score (nSPS) is 13.6. The molecule has 0 saturated heterocycles. The number of rotatable bonds is 2. The summed E-state index contributed by atoms with van der Waals surface area (Å²) < 4.78 is 0. The number of nitrogens with two attached hydrogens (primary N) is 1. The van der Waals surface area contributed by atoms with Crippen LogP contribution < -0.4 is 10.6 Å². The van der Waals surface area contributed by atoms with Crippen LogP contribution in [0.1, 0.15) is 23.1 Å². The molecule has 0 aliphatic carbocycles. The smallest absolute Gasteiger partial charge is 0.102 e. The zero-order valence-corrected chi connectivity index (χ0v) is 13.5. The van der Waals surface area contributed by atoms with E-state index >= 15 is 0 Å². The zero-order chi connectivity index (χ0) is 15.7. The Kier molecular flexibility index (Phi) is 4.15. The number of nitrogens with zero attached hydrogens (tertiary/aromatic N) is 2. The van der Waals surface area contributed by atoms with Gasteiger partial charge < -0.3 is 10.6 Å². The lowest BCUT2D eigenvalue weighted by Crippen LogP contribution is -2.29. The SMILES string of the molecule is N#Cc1c(N)ccc2c1CCCN2Cc1ccc(Cl)c(Cl)c1. The number of fused-ring (bicyclic) bond motifs is 1. The van der Waals surface area contributed by atoms with Gasteiger partial charge in [0.05, 0.1) is 15.6 Å². The van der Waals surface area contributed by atoms with Crippen LogP contribution in [0.3, 0.4) is 0 Å². The van der Waals surface area contributed by atoms with Crippen molar-refractivity contribution in [2.45, 2.75) is 19.4 Å². The maximum absolute atomic E-state index is 9.34. The first-order valence-electron chi connectivity index (χ1n) is 7.10. The van der Waals surface area contributed by atoms with E-state index in [-0.39, 0.29) is 0 Å². The minimum Gasteiger partial charge on any atom is -0.398 e. The Bertz CT molecular complexity index is 765. The van der Waals surface area contributed by atoms with Crippen LogP contribution >= 0.6 is 23.2 Å². The van der Waals surface area contributed by atoms with Crippen molar-refractivity contribution in [3.8, 4) is 6.07 Å². The fourth-order valence-electron chi connectivity index (χ4n) is 2.93. The summed E-state index contributed by atoms with van der Waals surface area (Å²) in [5, 5.41) is 10.5. The van der Waals surface area contributed by atoms with Gasteiger partial charge in [-0.15, -0.1) is 0 Å². The summed E-state index contributed by atoms with van der Waals surface area (Å²) in [7, 11) is 0. The molecule has 2 N–H and O–H groups in total. The van der Waals surface area contributed by atoms with Gasteiger partial charge in [-0.2, -0.15) is 5.26 Å². The van der Waals surface area contributed by atoms with Crippen LogP contribution in [0.25, 0.3) is 0 Å². The molecule has 1 heterocycles. The average molecular weight is 332 g/mol. The van der Waals surface area contributed by atoms with E-state index in [1.54, 1.807) is 0 Å². The molecule has 0 fully saturated rings. The lowest BCUT2D eigenvalue weighted by molar-refractivity contribution is 0.690. The highest BCUT2D eigenvalue weighted by atomic mass is 35.5. The molecule has 0 aromatic heterocycles. The highest BCUT2D eigenvalue weighted by molar-refractivity contribution is 6.42. The van der Waals surface area contributed by atoms with Crippen molar-refractivity contribution in [1.29, 1.82) is 5.26 Å². The minimum atomic E-state index is 0.553. The highest BCUT2D eigenvalue weighted by Gasteiger charge is 2.21. The summed E-state index contributed by atoms with van der Waals surface area (Å²) in [6, 6.07) is 11.7. The third-order valence-electron chi connectivity index (χ3n) is 3.99. The minimum absolute atomic E-state index is 0.553. The number of benzene rings is 2. The summed E-state index contributed by atoms with van der Waals surface area (Å²) in [4.78, 5) is 2.26. The van der Waals surface area contributed by atoms with Gasteiger partial charge in [-0.25, -0.2) is 0 Å². The first-order valence-corrected chi connectivity index (χ1v) is 7.86. The monoisotopic (exact) mass is 331 g/mol. The Morgan fingerprint density at radius 1 is 1.18 bits per heavy atom. The van der Waals surface area contributed by atoms with Crippen molar-refractivity contribution in [1.82, 2.24) is 0 Å². The Labute approximate surface area is 139 Å². The first kappa shape index (κ1) is 15.0. The lowest BCUT2D eigenvalue weighted by atomic mass is 9.95.